The lowest BCUT2D eigenvalue weighted by molar-refractivity contribution is 0.102. The number of para-hydroxylation sites is 2. The van der Waals surface area contributed by atoms with Gasteiger partial charge in [0.15, 0.2) is 0 Å². The van der Waals surface area contributed by atoms with E-state index in [9.17, 15) is 4.79 Å². The SMILES string of the molecule is Cc1nn(Cc2ccccc2)c(Cl)c1C(=O)Nc1ccccc1-n1cc(Br)cn1. The number of halogens is 2. The highest BCUT2D eigenvalue weighted by molar-refractivity contribution is 9.10. The molecule has 2 aromatic carbocycles. The first kappa shape index (κ1) is 19.4. The van der Waals surface area contributed by atoms with E-state index in [2.05, 4.69) is 31.4 Å². The lowest BCUT2D eigenvalue weighted by Crippen LogP contribution is -2.15. The fourth-order valence-corrected chi connectivity index (χ4v) is 3.67. The van der Waals surface area contributed by atoms with Crippen molar-refractivity contribution in [3.63, 3.8) is 0 Å². The number of carbonyl (C=O) groups is 1. The molecule has 146 valence electrons. The summed E-state index contributed by atoms with van der Waals surface area (Å²) < 4.78 is 4.17. The van der Waals surface area contributed by atoms with Gasteiger partial charge in [-0.25, -0.2) is 9.36 Å². The van der Waals surface area contributed by atoms with Crippen LogP contribution in [0.3, 0.4) is 0 Å². The van der Waals surface area contributed by atoms with Crippen LogP contribution < -0.4 is 5.32 Å². The highest BCUT2D eigenvalue weighted by atomic mass is 79.9. The van der Waals surface area contributed by atoms with Crippen LogP contribution in [0.1, 0.15) is 21.6 Å². The average molecular weight is 471 g/mol. The molecule has 8 heteroatoms. The number of anilines is 1. The third-order valence-corrected chi connectivity index (χ3v) is 5.21. The predicted molar refractivity (Wildman–Crippen MR) is 117 cm³/mol. The Hall–Kier alpha value is -2.90. The molecule has 0 bridgehead atoms. The Morgan fingerprint density at radius 2 is 1.86 bits per heavy atom. The zero-order valence-electron chi connectivity index (χ0n) is 15.5. The molecular weight excluding hydrogens is 454 g/mol. The van der Waals surface area contributed by atoms with E-state index in [1.165, 1.54) is 0 Å². The van der Waals surface area contributed by atoms with Gasteiger partial charge < -0.3 is 5.32 Å². The molecule has 1 N–H and O–H groups in total. The Morgan fingerprint density at radius 3 is 2.59 bits per heavy atom. The number of rotatable bonds is 5. The predicted octanol–water partition coefficient (Wildman–Crippen LogP) is 5.09. The Morgan fingerprint density at radius 1 is 1.14 bits per heavy atom. The molecule has 0 atom stereocenters. The summed E-state index contributed by atoms with van der Waals surface area (Å²) in [7, 11) is 0. The maximum absolute atomic E-state index is 13.0. The summed E-state index contributed by atoms with van der Waals surface area (Å²) in [5.41, 5.74) is 3.36. The molecule has 0 saturated heterocycles. The first-order chi connectivity index (χ1) is 14.0. The molecule has 0 saturated carbocycles. The van der Waals surface area contributed by atoms with E-state index >= 15 is 0 Å². The van der Waals surface area contributed by atoms with Gasteiger partial charge in [-0.3, -0.25) is 4.79 Å². The Kier molecular flexibility index (Phi) is 5.51. The summed E-state index contributed by atoms with van der Waals surface area (Å²) in [5.74, 6) is -0.314. The van der Waals surface area contributed by atoms with Gasteiger partial charge in [0.05, 0.1) is 39.8 Å². The Labute approximate surface area is 181 Å². The van der Waals surface area contributed by atoms with Crippen LogP contribution >= 0.6 is 27.5 Å². The summed E-state index contributed by atoms with van der Waals surface area (Å²) in [6.45, 7) is 2.27. The molecule has 2 aromatic heterocycles. The van der Waals surface area contributed by atoms with Crippen LogP contribution in [0.2, 0.25) is 5.15 Å². The van der Waals surface area contributed by atoms with Crippen LogP contribution in [0, 0.1) is 6.92 Å². The number of nitrogens with zero attached hydrogens (tertiary/aromatic N) is 4. The van der Waals surface area contributed by atoms with Crippen molar-refractivity contribution in [3.8, 4) is 5.69 Å². The van der Waals surface area contributed by atoms with Crippen LogP contribution in [0.25, 0.3) is 5.69 Å². The molecule has 0 aliphatic carbocycles. The second-order valence-corrected chi connectivity index (χ2v) is 7.74. The van der Waals surface area contributed by atoms with Gasteiger partial charge in [-0.1, -0.05) is 54.1 Å². The van der Waals surface area contributed by atoms with E-state index in [-0.39, 0.29) is 5.91 Å². The highest BCUT2D eigenvalue weighted by Gasteiger charge is 2.21. The van der Waals surface area contributed by atoms with Gasteiger partial charge in [0.1, 0.15) is 5.15 Å². The van der Waals surface area contributed by atoms with Gasteiger partial charge in [0.2, 0.25) is 0 Å². The number of carbonyl (C=O) groups excluding carboxylic acids is 1. The van der Waals surface area contributed by atoms with Crippen molar-refractivity contribution in [1.82, 2.24) is 19.6 Å². The largest absolute Gasteiger partial charge is 0.320 e. The van der Waals surface area contributed by atoms with Crippen molar-refractivity contribution in [1.29, 1.82) is 0 Å². The maximum Gasteiger partial charge on any atom is 0.260 e. The number of nitrogens with one attached hydrogen (secondary N) is 1. The van der Waals surface area contributed by atoms with Crippen molar-refractivity contribution < 1.29 is 4.79 Å². The molecule has 0 unspecified atom stereocenters. The standard InChI is InChI=1S/C21H17BrClN5O/c1-14-19(20(23)28(26-14)12-15-7-3-2-4-8-15)21(29)25-17-9-5-6-10-18(17)27-13-16(22)11-24-27/h2-11,13H,12H2,1H3,(H,25,29). The van der Waals surface area contributed by atoms with Crippen molar-refractivity contribution in [3.05, 3.63) is 93.4 Å². The fourth-order valence-electron chi connectivity index (χ4n) is 3.07. The number of amides is 1. The van der Waals surface area contributed by atoms with Crippen LogP contribution in [0.5, 0.6) is 0 Å². The molecule has 4 aromatic rings. The molecule has 0 aliphatic rings. The first-order valence-corrected chi connectivity index (χ1v) is 10.1. The van der Waals surface area contributed by atoms with E-state index in [1.54, 1.807) is 22.5 Å². The number of benzene rings is 2. The molecule has 0 spiro atoms. The van der Waals surface area contributed by atoms with Crippen molar-refractivity contribution in [2.75, 3.05) is 5.32 Å². The van der Waals surface area contributed by atoms with Crippen LogP contribution in [-0.2, 0) is 6.54 Å². The van der Waals surface area contributed by atoms with Crippen molar-refractivity contribution in [2.45, 2.75) is 13.5 Å². The zero-order chi connectivity index (χ0) is 20.4. The van der Waals surface area contributed by atoms with Crippen molar-refractivity contribution >= 4 is 39.1 Å². The maximum atomic E-state index is 13.0. The topological polar surface area (TPSA) is 64.7 Å². The smallest absolute Gasteiger partial charge is 0.260 e. The van der Waals surface area contributed by atoms with Gasteiger partial charge in [0.25, 0.3) is 5.91 Å². The molecule has 0 fully saturated rings. The number of aromatic nitrogens is 4. The second kappa shape index (κ2) is 8.23. The fraction of sp³-hybridized carbons (Fsp3) is 0.0952. The molecule has 4 rings (SSSR count). The molecule has 6 nitrogen and oxygen atoms in total. The molecule has 29 heavy (non-hydrogen) atoms. The van der Waals surface area contributed by atoms with E-state index in [4.69, 9.17) is 11.6 Å². The van der Waals surface area contributed by atoms with E-state index in [0.717, 1.165) is 15.7 Å². The van der Waals surface area contributed by atoms with Gasteiger partial charge in [-0.2, -0.15) is 10.2 Å². The first-order valence-electron chi connectivity index (χ1n) is 8.90. The van der Waals surface area contributed by atoms with E-state index in [1.807, 2.05) is 60.8 Å². The lowest BCUT2D eigenvalue weighted by atomic mass is 10.2. The quantitative estimate of drug-likeness (QED) is 0.442. The molecule has 1 amide bonds. The number of aryl methyl sites for hydroxylation is 1. The minimum atomic E-state index is -0.314. The normalized spacial score (nSPS) is 10.9. The Balaban J connectivity index is 1.62. The number of hydrogen-bond donors (Lipinski definition) is 1. The van der Waals surface area contributed by atoms with Gasteiger partial charge >= 0.3 is 0 Å². The summed E-state index contributed by atoms with van der Waals surface area (Å²) in [4.78, 5) is 13.0. The molecule has 0 radical (unpaired) electrons. The van der Waals surface area contributed by atoms with Gasteiger partial charge in [-0.05, 0) is 40.5 Å². The van der Waals surface area contributed by atoms with Crippen LogP contribution in [0.4, 0.5) is 5.69 Å². The molecule has 0 aliphatic heterocycles. The number of hydrogen-bond acceptors (Lipinski definition) is 3. The highest BCUT2D eigenvalue weighted by Crippen LogP contribution is 2.25. The third kappa shape index (κ3) is 4.11. The minimum Gasteiger partial charge on any atom is -0.320 e. The van der Waals surface area contributed by atoms with Gasteiger partial charge in [0, 0.05) is 6.20 Å². The molecular formula is C21H17BrClN5O. The van der Waals surface area contributed by atoms with Crippen LogP contribution in [-0.4, -0.2) is 25.5 Å². The molecule has 2 heterocycles. The lowest BCUT2D eigenvalue weighted by Gasteiger charge is -2.11. The minimum absolute atomic E-state index is 0.308. The Bertz CT molecular complexity index is 1170. The zero-order valence-corrected chi connectivity index (χ0v) is 17.9. The average Bonchev–Trinajstić information content (AvgIpc) is 3.26. The summed E-state index contributed by atoms with van der Waals surface area (Å²) >= 11 is 9.91. The summed E-state index contributed by atoms with van der Waals surface area (Å²) in [6.07, 6.45) is 3.51. The summed E-state index contributed by atoms with van der Waals surface area (Å²) in [6, 6.07) is 17.3. The monoisotopic (exact) mass is 469 g/mol. The van der Waals surface area contributed by atoms with E-state index < -0.39 is 0 Å². The van der Waals surface area contributed by atoms with Crippen LogP contribution in [0.15, 0.2) is 71.5 Å². The van der Waals surface area contributed by atoms with Crippen molar-refractivity contribution in [2.24, 2.45) is 0 Å². The second-order valence-electron chi connectivity index (χ2n) is 6.47. The van der Waals surface area contributed by atoms with E-state index in [0.29, 0.717) is 28.6 Å². The van der Waals surface area contributed by atoms with Gasteiger partial charge in [-0.15, -0.1) is 0 Å². The third-order valence-electron chi connectivity index (χ3n) is 4.42. The summed E-state index contributed by atoms with van der Waals surface area (Å²) in [5, 5.41) is 12.0.